The van der Waals surface area contributed by atoms with Crippen LogP contribution in [0.4, 0.5) is 4.39 Å². The van der Waals surface area contributed by atoms with Gasteiger partial charge in [0.25, 0.3) is 0 Å². The molecule has 1 N–H and O–H groups in total. The van der Waals surface area contributed by atoms with Crippen LogP contribution in [0.2, 0.25) is 5.02 Å². The Morgan fingerprint density at radius 2 is 2.12 bits per heavy atom. The largest absolute Gasteiger partial charge is 0.317 e. The van der Waals surface area contributed by atoms with Crippen molar-refractivity contribution in [1.29, 1.82) is 0 Å². The molecule has 1 saturated carbocycles. The van der Waals surface area contributed by atoms with Gasteiger partial charge in [0, 0.05) is 5.02 Å². The minimum absolute atomic E-state index is 0.122. The normalized spacial score (nSPS) is 23.5. The van der Waals surface area contributed by atoms with Crippen molar-refractivity contribution in [1.82, 2.24) is 5.32 Å². The number of hydrogen-bond donors (Lipinski definition) is 1. The zero-order valence-corrected chi connectivity index (χ0v) is 10.9. The third-order valence-corrected chi connectivity index (χ3v) is 3.96. The van der Waals surface area contributed by atoms with Gasteiger partial charge in [0.15, 0.2) is 0 Å². The van der Waals surface area contributed by atoms with Crippen LogP contribution in [-0.2, 0) is 6.42 Å². The molecule has 0 radical (unpaired) electrons. The summed E-state index contributed by atoms with van der Waals surface area (Å²) in [4.78, 5) is 0. The highest BCUT2D eigenvalue weighted by molar-refractivity contribution is 6.30. The Hall–Kier alpha value is -0.600. The zero-order valence-electron chi connectivity index (χ0n) is 10.2. The van der Waals surface area contributed by atoms with Crippen molar-refractivity contribution in [3.63, 3.8) is 0 Å². The van der Waals surface area contributed by atoms with E-state index in [0.29, 0.717) is 16.9 Å². The predicted molar refractivity (Wildman–Crippen MR) is 69.9 cm³/mol. The monoisotopic (exact) mass is 255 g/mol. The Bertz CT molecular complexity index is 380. The highest BCUT2D eigenvalue weighted by Gasteiger charge is 2.30. The summed E-state index contributed by atoms with van der Waals surface area (Å²) in [7, 11) is 0. The highest BCUT2D eigenvalue weighted by atomic mass is 35.5. The number of hydrogen-bond acceptors (Lipinski definition) is 1. The number of nitrogens with one attached hydrogen (secondary N) is 1. The van der Waals surface area contributed by atoms with E-state index in [4.69, 9.17) is 11.6 Å². The Labute approximate surface area is 107 Å². The van der Waals surface area contributed by atoms with Crippen molar-refractivity contribution in [2.45, 2.75) is 26.2 Å². The lowest BCUT2D eigenvalue weighted by Crippen LogP contribution is -2.36. The number of halogens is 2. The average Bonchev–Trinajstić information content (AvgIpc) is 2.29. The first-order valence-electron chi connectivity index (χ1n) is 6.35. The van der Waals surface area contributed by atoms with Gasteiger partial charge in [-0.15, -0.1) is 0 Å². The van der Waals surface area contributed by atoms with Crippen molar-refractivity contribution in [3.8, 4) is 0 Å². The SMILES string of the molecule is CCNCC1CCC1Cc1cc(Cl)ccc1F. The summed E-state index contributed by atoms with van der Waals surface area (Å²) < 4.78 is 13.6. The fraction of sp³-hybridized carbons (Fsp3) is 0.571. The topological polar surface area (TPSA) is 12.0 Å². The van der Waals surface area contributed by atoms with Crippen molar-refractivity contribution >= 4 is 11.6 Å². The summed E-state index contributed by atoms with van der Waals surface area (Å²) in [5.41, 5.74) is 0.767. The minimum Gasteiger partial charge on any atom is -0.317 e. The van der Waals surface area contributed by atoms with Crippen LogP contribution in [0.3, 0.4) is 0 Å². The van der Waals surface area contributed by atoms with Gasteiger partial charge in [0.2, 0.25) is 0 Å². The molecule has 2 atom stereocenters. The van der Waals surface area contributed by atoms with E-state index < -0.39 is 0 Å². The van der Waals surface area contributed by atoms with Crippen LogP contribution in [0.25, 0.3) is 0 Å². The predicted octanol–water partition coefficient (Wildman–Crippen LogP) is 3.66. The van der Waals surface area contributed by atoms with Crippen molar-refractivity contribution in [2.75, 3.05) is 13.1 Å². The smallest absolute Gasteiger partial charge is 0.126 e. The molecule has 2 rings (SSSR count). The molecule has 1 aromatic carbocycles. The summed E-state index contributed by atoms with van der Waals surface area (Å²) in [5, 5.41) is 4.00. The second kappa shape index (κ2) is 5.83. The van der Waals surface area contributed by atoms with E-state index in [1.165, 1.54) is 18.9 Å². The van der Waals surface area contributed by atoms with E-state index in [1.54, 1.807) is 12.1 Å². The molecular weight excluding hydrogens is 237 g/mol. The second-order valence-electron chi connectivity index (χ2n) is 4.85. The summed E-state index contributed by atoms with van der Waals surface area (Å²) in [6.45, 7) is 4.18. The first-order chi connectivity index (χ1) is 8.20. The fourth-order valence-electron chi connectivity index (χ4n) is 2.49. The van der Waals surface area contributed by atoms with Crippen molar-refractivity contribution < 1.29 is 4.39 Å². The van der Waals surface area contributed by atoms with E-state index in [1.807, 2.05) is 0 Å². The molecule has 0 amide bonds. The van der Waals surface area contributed by atoms with E-state index >= 15 is 0 Å². The van der Waals surface area contributed by atoms with Gasteiger partial charge in [-0.25, -0.2) is 4.39 Å². The highest BCUT2D eigenvalue weighted by Crippen LogP contribution is 2.37. The maximum absolute atomic E-state index is 13.6. The van der Waals surface area contributed by atoms with Gasteiger partial charge in [0.1, 0.15) is 5.82 Å². The molecule has 17 heavy (non-hydrogen) atoms. The van der Waals surface area contributed by atoms with Crippen molar-refractivity contribution in [3.05, 3.63) is 34.6 Å². The lowest BCUT2D eigenvalue weighted by atomic mass is 9.70. The minimum atomic E-state index is -0.122. The molecule has 1 aliphatic carbocycles. The molecule has 0 bridgehead atoms. The van der Waals surface area contributed by atoms with E-state index in [2.05, 4.69) is 12.2 Å². The van der Waals surface area contributed by atoms with Crippen LogP contribution < -0.4 is 5.32 Å². The van der Waals surface area contributed by atoms with Crippen LogP contribution in [-0.4, -0.2) is 13.1 Å². The molecule has 0 aliphatic heterocycles. The molecule has 1 aliphatic rings. The maximum atomic E-state index is 13.6. The molecular formula is C14H19ClFN. The quantitative estimate of drug-likeness (QED) is 0.847. The summed E-state index contributed by atoms with van der Waals surface area (Å²) in [5.74, 6) is 1.19. The van der Waals surface area contributed by atoms with Crippen LogP contribution in [0.1, 0.15) is 25.3 Å². The van der Waals surface area contributed by atoms with Gasteiger partial charge in [0.05, 0.1) is 0 Å². The van der Waals surface area contributed by atoms with Crippen LogP contribution in [0.15, 0.2) is 18.2 Å². The van der Waals surface area contributed by atoms with Crippen molar-refractivity contribution in [2.24, 2.45) is 11.8 Å². The number of rotatable bonds is 5. The average molecular weight is 256 g/mol. The third-order valence-electron chi connectivity index (χ3n) is 3.72. The van der Waals surface area contributed by atoms with Gasteiger partial charge < -0.3 is 5.32 Å². The number of benzene rings is 1. The van der Waals surface area contributed by atoms with E-state index in [9.17, 15) is 4.39 Å². The fourth-order valence-corrected chi connectivity index (χ4v) is 2.68. The van der Waals surface area contributed by atoms with Gasteiger partial charge in [-0.3, -0.25) is 0 Å². The van der Waals surface area contributed by atoms with Crippen LogP contribution >= 0.6 is 11.6 Å². The molecule has 3 heteroatoms. The Kier molecular flexibility index (Phi) is 4.41. The lowest BCUT2D eigenvalue weighted by Gasteiger charge is -2.37. The van der Waals surface area contributed by atoms with Gasteiger partial charge in [-0.2, -0.15) is 0 Å². The van der Waals surface area contributed by atoms with Gasteiger partial charge in [-0.1, -0.05) is 18.5 Å². The molecule has 0 spiro atoms. The third kappa shape index (κ3) is 3.20. The Morgan fingerprint density at radius 3 is 2.76 bits per heavy atom. The van der Waals surface area contributed by atoms with Gasteiger partial charge in [-0.05, 0) is 68.0 Å². The Morgan fingerprint density at radius 1 is 1.35 bits per heavy atom. The standard InChI is InChI=1S/C14H19ClFN/c1-2-17-9-11-4-3-10(11)7-12-8-13(15)5-6-14(12)16/h5-6,8,10-11,17H,2-4,7,9H2,1H3. The molecule has 94 valence electrons. The molecule has 1 nitrogen and oxygen atoms in total. The summed E-state index contributed by atoms with van der Waals surface area (Å²) in [6.07, 6.45) is 3.30. The molecule has 1 aromatic rings. The lowest BCUT2D eigenvalue weighted by molar-refractivity contribution is 0.170. The molecule has 2 unspecified atom stereocenters. The first kappa shape index (κ1) is 12.8. The summed E-state index contributed by atoms with van der Waals surface area (Å²) in [6, 6.07) is 4.84. The van der Waals surface area contributed by atoms with Gasteiger partial charge >= 0.3 is 0 Å². The van der Waals surface area contributed by atoms with Crippen LogP contribution in [0.5, 0.6) is 0 Å². The van der Waals surface area contributed by atoms with E-state index in [-0.39, 0.29) is 5.82 Å². The second-order valence-corrected chi connectivity index (χ2v) is 5.28. The first-order valence-corrected chi connectivity index (χ1v) is 6.73. The molecule has 0 heterocycles. The van der Waals surface area contributed by atoms with E-state index in [0.717, 1.165) is 25.1 Å². The zero-order chi connectivity index (χ0) is 12.3. The maximum Gasteiger partial charge on any atom is 0.126 e. The summed E-state index contributed by atoms with van der Waals surface area (Å²) >= 11 is 5.90. The molecule has 0 saturated heterocycles. The van der Waals surface area contributed by atoms with Crippen LogP contribution in [0, 0.1) is 17.7 Å². The molecule has 0 aromatic heterocycles. The molecule has 1 fully saturated rings. The Balaban J connectivity index is 1.94.